The minimum atomic E-state index is -0.230. The second-order valence-corrected chi connectivity index (χ2v) is 6.36. The number of amides is 1. The summed E-state index contributed by atoms with van der Waals surface area (Å²) in [6.07, 6.45) is 2.44. The summed E-state index contributed by atoms with van der Waals surface area (Å²) in [5.74, 6) is 5.96. The Morgan fingerprint density at radius 2 is 2.05 bits per heavy atom. The van der Waals surface area contributed by atoms with Gasteiger partial charge in [0, 0.05) is 12.5 Å². The zero-order valence-corrected chi connectivity index (χ0v) is 12.9. The molecule has 0 spiro atoms. The number of nitrogens with two attached hydrogens (primary N) is 1. The largest absolute Gasteiger partial charge is 0.351 e. The van der Waals surface area contributed by atoms with Crippen LogP contribution in [-0.4, -0.2) is 22.4 Å². The smallest absolute Gasteiger partial charge is 0.272 e. The first-order chi connectivity index (χ1) is 9.24. The Labute approximate surface area is 120 Å². The lowest BCUT2D eigenvalue weighted by Crippen LogP contribution is -2.29. The van der Waals surface area contributed by atoms with Gasteiger partial charge in [0.2, 0.25) is 0 Å². The van der Waals surface area contributed by atoms with Crippen molar-refractivity contribution in [1.29, 1.82) is 0 Å². The summed E-state index contributed by atoms with van der Waals surface area (Å²) in [5, 5.41) is 2.87. The van der Waals surface area contributed by atoms with Gasteiger partial charge < -0.3 is 10.7 Å². The highest BCUT2D eigenvalue weighted by Crippen LogP contribution is 2.18. The number of rotatable bonds is 5. The molecule has 4 N–H and O–H groups in total. The minimum absolute atomic E-state index is 0.156. The first kappa shape index (κ1) is 16.4. The number of anilines is 1. The second kappa shape index (κ2) is 6.65. The Morgan fingerprint density at radius 1 is 1.40 bits per heavy atom. The van der Waals surface area contributed by atoms with E-state index in [9.17, 15) is 4.79 Å². The number of hydrogen-bond donors (Lipinski definition) is 3. The van der Waals surface area contributed by atoms with Gasteiger partial charge in [0.15, 0.2) is 5.69 Å². The van der Waals surface area contributed by atoms with E-state index in [0.717, 1.165) is 6.42 Å². The fraction of sp³-hybridized carbons (Fsp3) is 0.643. The lowest BCUT2D eigenvalue weighted by Gasteiger charge is -2.18. The number of nitrogens with one attached hydrogen (secondary N) is 2. The highest BCUT2D eigenvalue weighted by molar-refractivity contribution is 5.97. The van der Waals surface area contributed by atoms with Crippen molar-refractivity contribution in [3.05, 3.63) is 17.7 Å². The van der Waals surface area contributed by atoms with E-state index in [2.05, 4.69) is 41.5 Å². The lowest BCUT2D eigenvalue weighted by atomic mass is 9.92. The maximum Gasteiger partial charge on any atom is 0.272 e. The lowest BCUT2D eigenvalue weighted by molar-refractivity contribution is 0.0945. The van der Waals surface area contributed by atoms with Crippen LogP contribution >= 0.6 is 0 Å². The molecule has 1 heterocycles. The molecule has 1 aromatic rings. The van der Waals surface area contributed by atoms with Crippen LogP contribution in [0.3, 0.4) is 0 Å². The van der Waals surface area contributed by atoms with Gasteiger partial charge in [0.05, 0.1) is 11.9 Å². The molecule has 0 aliphatic carbocycles. The van der Waals surface area contributed by atoms with Gasteiger partial charge >= 0.3 is 0 Å². The van der Waals surface area contributed by atoms with Crippen molar-refractivity contribution in [2.45, 2.75) is 47.0 Å². The van der Waals surface area contributed by atoms with Gasteiger partial charge in [-0.1, -0.05) is 34.6 Å². The molecule has 1 aromatic heterocycles. The van der Waals surface area contributed by atoms with Crippen molar-refractivity contribution in [3.63, 3.8) is 0 Å². The Kier molecular flexibility index (Phi) is 5.44. The predicted molar refractivity (Wildman–Crippen MR) is 80.3 cm³/mol. The van der Waals surface area contributed by atoms with Crippen LogP contribution in [0.5, 0.6) is 0 Å². The van der Waals surface area contributed by atoms with E-state index in [-0.39, 0.29) is 17.2 Å². The van der Waals surface area contributed by atoms with Crippen LogP contribution in [0.1, 0.15) is 63.3 Å². The molecule has 1 rings (SSSR count). The monoisotopic (exact) mass is 279 g/mol. The van der Waals surface area contributed by atoms with Crippen LogP contribution < -0.4 is 16.6 Å². The van der Waals surface area contributed by atoms with Crippen LogP contribution in [0.4, 0.5) is 5.69 Å². The zero-order chi connectivity index (χ0) is 15.3. The van der Waals surface area contributed by atoms with Crippen molar-refractivity contribution in [2.24, 2.45) is 11.3 Å². The highest BCUT2D eigenvalue weighted by Gasteiger charge is 2.17. The fourth-order valence-corrected chi connectivity index (χ4v) is 1.59. The van der Waals surface area contributed by atoms with Crippen LogP contribution in [0.25, 0.3) is 0 Å². The van der Waals surface area contributed by atoms with Gasteiger partial charge in [-0.15, -0.1) is 0 Å². The molecule has 0 saturated carbocycles. The number of nitrogens with zero attached hydrogens (tertiary/aromatic N) is 2. The van der Waals surface area contributed by atoms with E-state index in [1.807, 2.05) is 13.8 Å². The second-order valence-electron chi connectivity index (χ2n) is 6.36. The zero-order valence-electron chi connectivity index (χ0n) is 12.9. The van der Waals surface area contributed by atoms with Gasteiger partial charge in [-0.05, 0) is 11.8 Å². The number of hydrazine groups is 1. The molecular formula is C14H25N5O. The molecule has 0 bridgehead atoms. The summed E-state index contributed by atoms with van der Waals surface area (Å²) in [5.41, 5.74) is 3.37. The van der Waals surface area contributed by atoms with E-state index in [4.69, 9.17) is 5.84 Å². The van der Waals surface area contributed by atoms with Crippen molar-refractivity contribution < 1.29 is 4.79 Å². The van der Waals surface area contributed by atoms with Crippen molar-refractivity contribution in [2.75, 3.05) is 12.0 Å². The summed E-state index contributed by atoms with van der Waals surface area (Å²) in [6, 6.07) is 0. The molecule has 0 aromatic carbocycles. The van der Waals surface area contributed by atoms with E-state index in [1.165, 1.54) is 0 Å². The fourth-order valence-electron chi connectivity index (χ4n) is 1.59. The molecule has 6 nitrogen and oxygen atoms in total. The third kappa shape index (κ3) is 4.77. The third-order valence-corrected chi connectivity index (χ3v) is 2.85. The summed E-state index contributed by atoms with van der Waals surface area (Å²) in [4.78, 5) is 20.7. The molecule has 0 aliphatic heterocycles. The number of carbonyl (C=O) groups is 1. The van der Waals surface area contributed by atoms with Crippen LogP contribution in [-0.2, 0) is 0 Å². The van der Waals surface area contributed by atoms with Gasteiger partial charge in [-0.2, -0.15) is 0 Å². The Hall–Kier alpha value is -1.69. The molecule has 1 amide bonds. The van der Waals surface area contributed by atoms with E-state index in [0.29, 0.717) is 23.8 Å². The number of aromatic nitrogens is 2. The van der Waals surface area contributed by atoms with Crippen LogP contribution in [0.15, 0.2) is 6.20 Å². The molecule has 0 fully saturated rings. The molecule has 0 atom stereocenters. The summed E-state index contributed by atoms with van der Waals surface area (Å²) in [7, 11) is 0. The summed E-state index contributed by atoms with van der Waals surface area (Å²) in [6.45, 7) is 11.0. The summed E-state index contributed by atoms with van der Waals surface area (Å²) < 4.78 is 0. The van der Waals surface area contributed by atoms with Crippen LogP contribution in [0.2, 0.25) is 0 Å². The molecule has 0 unspecified atom stereocenters. The third-order valence-electron chi connectivity index (χ3n) is 2.85. The van der Waals surface area contributed by atoms with Crippen molar-refractivity contribution >= 4 is 11.6 Å². The predicted octanol–water partition coefficient (Wildman–Crippen LogP) is 2.05. The van der Waals surface area contributed by atoms with Crippen LogP contribution in [0, 0.1) is 5.41 Å². The average molecular weight is 279 g/mol. The van der Waals surface area contributed by atoms with Crippen molar-refractivity contribution in [3.8, 4) is 0 Å². The first-order valence-corrected chi connectivity index (χ1v) is 6.86. The molecule has 0 saturated heterocycles. The van der Waals surface area contributed by atoms with E-state index < -0.39 is 0 Å². The molecular weight excluding hydrogens is 254 g/mol. The molecule has 20 heavy (non-hydrogen) atoms. The Morgan fingerprint density at radius 3 is 2.55 bits per heavy atom. The molecule has 0 aliphatic rings. The topological polar surface area (TPSA) is 92.9 Å². The molecule has 112 valence electrons. The molecule has 6 heteroatoms. The van der Waals surface area contributed by atoms with Gasteiger partial charge in [-0.25, -0.2) is 9.97 Å². The molecule has 0 radical (unpaired) electrons. The van der Waals surface area contributed by atoms with E-state index in [1.54, 1.807) is 6.20 Å². The number of carbonyl (C=O) groups excluding carboxylic acids is 1. The van der Waals surface area contributed by atoms with Gasteiger partial charge in [0.25, 0.3) is 5.91 Å². The maximum atomic E-state index is 12.2. The van der Waals surface area contributed by atoms with E-state index >= 15 is 0 Å². The highest BCUT2D eigenvalue weighted by atomic mass is 16.1. The standard InChI is InChI=1S/C14H25N5O/c1-9(2)12-17-8-10(19-15)11(18-12)13(20)16-7-6-14(3,4)5/h8-9,19H,6-7,15H2,1-5H3,(H,16,20). The normalized spacial score (nSPS) is 11.6. The van der Waals surface area contributed by atoms with Crippen molar-refractivity contribution in [1.82, 2.24) is 15.3 Å². The summed E-state index contributed by atoms with van der Waals surface area (Å²) >= 11 is 0. The number of nitrogen functional groups attached to an aromatic ring is 1. The minimum Gasteiger partial charge on any atom is -0.351 e. The SMILES string of the molecule is CC(C)c1ncc(NN)c(C(=O)NCCC(C)(C)C)n1. The van der Waals surface area contributed by atoms with Gasteiger partial charge in [0.1, 0.15) is 5.82 Å². The first-order valence-electron chi connectivity index (χ1n) is 6.86. The Balaban J connectivity index is 2.82. The maximum absolute atomic E-state index is 12.2. The Bertz CT molecular complexity index is 465. The number of hydrogen-bond acceptors (Lipinski definition) is 5. The average Bonchev–Trinajstić information content (AvgIpc) is 2.36. The quantitative estimate of drug-likeness (QED) is 0.566. The van der Waals surface area contributed by atoms with Gasteiger partial charge in [-0.3, -0.25) is 10.6 Å².